The minimum absolute atomic E-state index is 0. The van der Waals surface area contributed by atoms with Crippen molar-refractivity contribution in [1.29, 1.82) is 0 Å². The SMILES string of the molecule is CCC(C)OC(=O)CC(=O)[O-].CCC(C)OC(=O)CC(=O)[O-].[K+].[Li+]. The second kappa shape index (κ2) is 19.4. The van der Waals surface area contributed by atoms with Gasteiger partial charge in [0.25, 0.3) is 0 Å². The number of hydrogen-bond acceptors (Lipinski definition) is 8. The molecule has 2 atom stereocenters. The molecular formula is C14H22KLiO8. The van der Waals surface area contributed by atoms with Gasteiger partial charge < -0.3 is 29.3 Å². The molecule has 0 aliphatic rings. The van der Waals surface area contributed by atoms with Crippen LogP contribution in [0.3, 0.4) is 0 Å². The standard InChI is InChI=1S/2C7H12O4.K.Li/c2*1-3-5(2)11-7(10)4-6(8)9;;/h2*5H,3-4H2,1-2H3,(H,8,9);;/q;;2*+1/p-2. The van der Waals surface area contributed by atoms with Gasteiger partial charge >= 0.3 is 82.2 Å². The first kappa shape index (κ1) is 31.8. The molecular weight excluding hydrogens is 342 g/mol. The number of carbonyl (C=O) groups is 4. The molecule has 128 valence electrons. The number of carbonyl (C=O) groups excluding carboxylic acids is 4. The van der Waals surface area contributed by atoms with Gasteiger partial charge in [0, 0.05) is 0 Å². The Hall–Kier alpha value is 0.114. The van der Waals surface area contributed by atoms with Crippen LogP contribution in [0.2, 0.25) is 0 Å². The van der Waals surface area contributed by atoms with E-state index < -0.39 is 36.7 Å². The number of carboxylic acids is 2. The van der Waals surface area contributed by atoms with Gasteiger partial charge in [-0.25, -0.2) is 0 Å². The fourth-order valence-electron chi connectivity index (χ4n) is 0.934. The molecule has 0 bridgehead atoms. The summed E-state index contributed by atoms with van der Waals surface area (Å²) in [6, 6.07) is 0. The van der Waals surface area contributed by atoms with Crippen molar-refractivity contribution in [2.45, 2.75) is 65.6 Å². The Morgan fingerprint density at radius 3 is 1.21 bits per heavy atom. The molecule has 0 fully saturated rings. The average Bonchev–Trinajstić information content (AvgIpc) is 2.36. The zero-order valence-corrected chi connectivity index (χ0v) is 18.4. The first-order chi connectivity index (χ1) is 10.1. The summed E-state index contributed by atoms with van der Waals surface area (Å²) in [6.07, 6.45) is -0.407. The Labute approximate surface area is 196 Å². The number of esters is 2. The van der Waals surface area contributed by atoms with Crippen LogP contribution in [0.15, 0.2) is 0 Å². The summed E-state index contributed by atoms with van der Waals surface area (Å²) < 4.78 is 9.30. The molecule has 0 aromatic carbocycles. The molecule has 8 nitrogen and oxygen atoms in total. The van der Waals surface area contributed by atoms with Crippen LogP contribution in [0.1, 0.15) is 53.4 Å². The van der Waals surface area contributed by atoms with Crippen molar-refractivity contribution >= 4 is 23.9 Å². The molecule has 0 saturated carbocycles. The smallest absolute Gasteiger partial charge is 0.550 e. The maximum absolute atomic E-state index is 10.6. The second-order valence-corrected chi connectivity index (χ2v) is 4.52. The van der Waals surface area contributed by atoms with Crippen molar-refractivity contribution in [3.05, 3.63) is 0 Å². The van der Waals surface area contributed by atoms with Crippen molar-refractivity contribution in [3.8, 4) is 0 Å². The van der Waals surface area contributed by atoms with Gasteiger partial charge in [0.15, 0.2) is 0 Å². The van der Waals surface area contributed by atoms with Crippen LogP contribution in [-0.2, 0) is 28.7 Å². The fraction of sp³-hybridized carbons (Fsp3) is 0.714. The van der Waals surface area contributed by atoms with Crippen LogP contribution in [0.5, 0.6) is 0 Å². The largest absolute Gasteiger partial charge is 1.00 e. The zero-order chi connectivity index (χ0) is 17.7. The van der Waals surface area contributed by atoms with Gasteiger partial charge in [-0.05, 0) is 26.7 Å². The zero-order valence-electron chi connectivity index (χ0n) is 15.2. The molecule has 2 unspecified atom stereocenters. The van der Waals surface area contributed by atoms with Crippen molar-refractivity contribution in [3.63, 3.8) is 0 Å². The summed E-state index contributed by atoms with van der Waals surface area (Å²) in [5.41, 5.74) is 0. The number of rotatable bonds is 8. The second-order valence-electron chi connectivity index (χ2n) is 4.52. The molecule has 0 aliphatic heterocycles. The third kappa shape index (κ3) is 24.4. The Kier molecular flexibility index (Phi) is 25.8. The van der Waals surface area contributed by atoms with E-state index >= 15 is 0 Å². The minimum Gasteiger partial charge on any atom is -0.550 e. The van der Waals surface area contributed by atoms with Gasteiger partial charge in [0.05, 0.1) is 37.0 Å². The molecule has 0 amide bonds. The molecule has 0 spiro atoms. The van der Waals surface area contributed by atoms with Crippen molar-refractivity contribution in [2.75, 3.05) is 0 Å². The van der Waals surface area contributed by atoms with E-state index in [1.807, 2.05) is 13.8 Å². The topological polar surface area (TPSA) is 133 Å². The van der Waals surface area contributed by atoms with E-state index in [-0.39, 0.29) is 82.5 Å². The van der Waals surface area contributed by atoms with Gasteiger partial charge in [-0.3, -0.25) is 9.59 Å². The first-order valence-corrected chi connectivity index (χ1v) is 6.90. The molecule has 0 saturated heterocycles. The van der Waals surface area contributed by atoms with Crippen molar-refractivity contribution in [1.82, 2.24) is 0 Å². The molecule has 0 aliphatic carbocycles. The quantitative estimate of drug-likeness (QED) is 0.236. The maximum Gasteiger partial charge on any atom is 1.00 e. The Balaban J connectivity index is -0.000000154. The number of hydrogen-bond donors (Lipinski definition) is 0. The van der Waals surface area contributed by atoms with E-state index in [1.54, 1.807) is 13.8 Å². The van der Waals surface area contributed by atoms with E-state index in [9.17, 15) is 29.4 Å². The molecule has 0 aromatic rings. The predicted octanol–water partition coefficient (Wildman–Crippen LogP) is -7.06. The minimum atomic E-state index is -1.40. The molecule has 10 heteroatoms. The van der Waals surface area contributed by atoms with E-state index in [0.29, 0.717) is 12.8 Å². The van der Waals surface area contributed by atoms with Crippen molar-refractivity contribution in [2.24, 2.45) is 0 Å². The normalized spacial score (nSPS) is 11.2. The number of ether oxygens (including phenoxy) is 2. The fourth-order valence-corrected chi connectivity index (χ4v) is 0.934. The number of aliphatic carboxylic acids is 2. The molecule has 0 rings (SSSR count). The Morgan fingerprint density at radius 1 is 0.792 bits per heavy atom. The van der Waals surface area contributed by atoms with Gasteiger partial charge in [0.2, 0.25) is 0 Å². The van der Waals surface area contributed by atoms with E-state index in [2.05, 4.69) is 9.47 Å². The first-order valence-electron chi connectivity index (χ1n) is 6.90. The Morgan fingerprint density at radius 2 is 1.04 bits per heavy atom. The molecule has 0 aromatic heterocycles. The van der Waals surface area contributed by atoms with Crippen LogP contribution < -0.4 is 80.5 Å². The third-order valence-corrected chi connectivity index (χ3v) is 2.39. The third-order valence-electron chi connectivity index (χ3n) is 2.39. The predicted molar refractivity (Wildman–Crippen MR) is 70.9 cm³/mol. The van der Waals surface area contributed by atoms with Crippen LogP contribution >= 0.6 is 0 Å². The van der Waals surface area contributed by atoms with Gasteiger partial charge in [0.1, 0.15) is 0 Å². The molecule has 0 N–H and O–H groups in total. The maximum atomic E-state index is 10.6. The summed E-state index contributed by atoms with van der Waals surface area (Å²) >= 11 is 0. The summed E-state index contributed by atoms with van der Waals surface area (Å²) in [5.74, 6) is -4.28. The summed E-state index contributed by atoms with van der Waals surface area (Å²) in [4.78, 5) is 40.9. The molecule has 0 heterocycles. The van der Waals surface area contributed by atoms with Gasteiger partial charge in [-0.15, -0.1) is 0 Å². The Bertz CT molecular complexity index is 353. The van der Waals surface area contributed by atoms with E-state index in [0.717, 1.165) is 0 Å². The monoisotopic (exact) mass is 364 g/mol. The summed E-state index contributed by atoms with van der Waals surface area (Å²) in [5, 5.41) is 19.7. The van der Waals surface area contributed by atoms with Crippen LogP contribution in [0, 0.1) is 0 Å². The van der Waals surface area contributed by atoms with E-state index in [1.165, 1.54) is 0 Å². The molecule has 0 radical (unpaired) electrons. The average molecular weight is 364 g/mol. The van der Waals surface area contributed by atoms with Crippen LogP contribution in [0.25, 0.3) is 0 Å². The van der Waals surface area contributed by atoms with Crippen molar-refractivity contribution < 1.29 is 109 Å². The van der Waals surface area contributed by atoms with Crippen LogP contribution in [0.4, 0.5) is 0 Å². The molecule has 24 heavy (non-hydrogen) atoms. The van der Waals surface area contributed by atoms with Crippen LogP contribution in [-0.4, -0.2) is 36.1 Å². The van der Waals surface area contributed by atoms with Gasteiger partial charge in [-0.1, -0.05) is 13.8 Å². The van der Waals surface area contributed by atoms with Gasteiger partial charge in [-0.2, -0.15) is 0 Å². The summed E-state index contributed by atoms with van der Waals surface area (Å²) in [7, 11) is 0. The number of carboxylic acid groups (broad SMARTS) is 2. The summed E-state index contributed by atoms with van der Waals surface area (Å²) in [6.45, 7) is 7.09. The van der Waals surface area contributed by atoms with E-state index in [4.69, 9.17) is 0 Å².